The molecule has 9 nitrogen and oxygen atoms in total. The highest BCUT2D eigenvalue weighted by molar-refractivity contribution is 7.21. The lowest BCUT2D eigenvalue weighted by atomic mass is 9.93. The lowest BCUT2D eigenvalue weighted by molar-refractivity contribution is 0.100. The number of halogens is 1. The standard InChI is InChI=1S/C28H32FN7O2S/c1-3-35-11-9-16(10-12-35)20-14-23(36(34-20)18-5-4-6-18)32-28-31-15-22-25(33-28)24(26(39-22)27(30)37)19-8-7-17(29)13-21(19)38-2/h7-8,13-16,18H,3-6,9-12H2,1-2H3,(H2,30,37)(H,31,32,33). The highest BCUT2D eigenvalue weighted by Gasteiger charge is 2.28. The van der Waals surface area contributed by atoms with Crippen molar-refractivity contribution in [2.45, 2.75) is 51.0 Å². The Morgan fingerprint density at radius 1 is 1.23 bits per heavy atom. The average molecular weight is 550 g/mol. The van der Waals surface area contributed by atoms with Crippen LogP contribution in [0.5, 0.6) is 5.75 Å². The van der Waals surface area contributed by atoms with E-state index >= 15 is 0 Å². The first-order chi connectivity index (χ1) is 18.9. The predicted octanol–water partition coefficient (Wildman–Crippen LogP) is 5.47. The number of nitrogens with two attached hydrogens (primary N) is 1. The zero-order chi connectivity index (χ0) is 27.1. The molecule has 0 radical (unpaired) electrons. The van der Waals surface area contributed by atoms with Gasteiger partial charge in [-0.1, -0.05) is 6.92 Å². The van der Waals surface area contributed by atoms with E-state index in [2.05, 4.69) is 32.9 Å². The van der Waals surface area contributed by atoms with Crippen molar-refractivity contribution >= 4 is 39.2 Å². The Kier molecular flexibility index (Phi) is 6.94. The van der Waals surface area contributed by atoms with Crippen molar-refractivity contribution in [2.75, 3.05) is 32.1 Å². The monoisotopic (exact) mass is 549 g/mol. The number of carbonyl (C=O) groups is 1. The van der Waals surface area contributed by atoms with E-state index in [4.69, 9.17) is 20.6 Å². The number of likely N-dealkylation sites (tertiary alicyclic amines) is 1. The minimum absolute atomic E-state index is 0.298. The Bertz CT molecular complexity index is 1520. The fourth-order valence-electron chi connectivity index (χ4n) is 5.52. The van der Waals surface area contributed by atoms with Gasteiger partial charge in [-0.05, 0) is 63.9 Å². The molecular formula is C28H32FN7O2S. The normalized spacial score (nSPS) is 16.9. The number of rotatable bonds is 8. The minimum Gasteiger partial charge on any atom is -0.496 e. The molecule has 1 aliphatic heterocycles. The topological polar surface area (TPSA) is 111 Å². The van der Waals surface area contributed by atoms with Gasteiger partial charge in [0.25, 0.3) is 5.91 Å². The van der Waals surface area contributed by atoms with Crippen LogP contribution >= 0.6 is 11.3 Å². The van der Waals surface area contributed by atoms with Gasteiger partial charge in [-0.2, -0.15) is 5.10 Å². The number of anilines is 2. The minimum atomic E-state index is -0.587. The number of amides is 1. The van der Waals surface area contributed by atoms with Gasteiger partial charge in [0.2, 0.25) is 5.95 Å². The molecule has 3 N–H and O–H groups in total. The van der Waals surface area contributed by atoms with E-state index in [1.54, 1.807) is 12.3 Å². The number of fused-ring (bicyclic) bond motifs is 1. The molecule has 1 saturated carbocycles. The van der Waals surface area contributed by atoms with E-state index in [9.17, 15) is 9.18 Å². The molecule has 3 aromatic heterocycles. The maximum absolute atomic E-state index is 14.0. The van der Waals surface area contributed by atoms with Crippen molar-refractivity contribution in [1.82, 2.24) is 24.6 Å². The molecule has 4 aromatic rings. The zero-order valence-corrected chi connectivity index (χ0v) is 22.9. The first-order valence-electron chi connectivity index (χ1n) is 13.5. The second-order valence-electron chi connectivity index (χ2n) is 10.2. The summed E-state index contributed by atoms with van der Waals surface area (Å²) < 4.78 is 22.2. The van der Waals surface area contributed by atoms with Crippen molar-refractivity contribution in [3.05, 3.63) is 46.9 Å². The quantitative estimate of drug-likeness (QED) is 0.300. The van der Waals surface area contributed by atoms with Crippen LogP contribution in [-0.2, 0) is 0 Å². The molecule has 0 bridgehead atoms. The van der Waals surface area contributed by atoms with Crippen molar-refractivity contribution in [1.29, 1.82) is 0 Å². The van der Waals surface area contributed by atoms with E-state index in [1.165, 1.54) is 37.0 Å². The number of hydrogen-bond donors (Lipinski definition) is 2. The molecule has 1 aromatic carbocycles. The second-order valence-corrected chi connectivity index (χ2v) is 11.3. The van der Waals surface area contributed by atoms with Crippen LogP contribution in [0, 0.1) is 5.82 Å². The van der Waals surface area contributed by atoms with Gasteiger partial charge >= 0.3 is 0 Å². The number of nitrogens with zero attached hydrogens (tertiary/aromatic N) is 5. The van der Waals surface area contributed by atoms with Gasteiger partial charge in [0.05, 0.1) is 35.3 Å². The second kappa shape index (κ2) is 10.5. The van der Waals surface area contributed by atoms with Gasteiger partial charge < -0.3 is 20.7 Å². The lowest BCUT2D eigenvalue weighted by Gasteiger charge is -2.30. The number of aromatic nitrogens is 4. The fraction of sp³-hybridized carbons (Fsp3) is 0.429. The van der Waals surface area contributed by atoms with Crippen LogP contribution in [0.25, 0.3) is 21.3 Å². The molecule has 1 amide bonds. The van der Waals surface area contributed by atoms with Crippen LogP contribution in [0.15, 0.2) is 30.5 Å². The zero-order valence-electron chi connectivity index (χ0n) is 22.1. The number of piperidine rings is 1. The van der Waals surface area contributed by atoms with Gasteiger partial charge in [0.15, 0.2) is 0 Å². The third kappa shape index (κ3) is 4.85. The van der Waals surface area contributed by atoms with Crippen LogP contribution in [0.4, 0.5) is 16.2 Å². The molecule has 6 rings (SSSR count). The Labute approximate surface area is 230 Å². The molecule has 11 heteroatoms. The summed E-state index contributed by atoms with van der Waals surface area (Å²) in [7, 11) is 1.46. The Morgan fingerprint density at radius 3 is 2.69 bits per heavy atom. The maximum Gasteiger partial charge on any atom is 0.259 e. The summed E-state index contributed by atoms with van der Waals surface area (Å²) >= 11 is 1.21. The number of benzene rings is 1. The molecule has 2 fully saturated rings. The third-order valence-corrected chi connectivity index (χ3v) is 9.08. The fourth-order valence-corrected chi connectivity index (χ4v) is 6.50. The smallest absolute Gasteiger partial charge is 0.259 e. The maximum atomic E-state index is 14.0. The molecule has 0 atom stereocenters. The summed E-state index contributed by atoms with van der Waals surface area (Å²) in [4.78, 5) is 24.6. The molecule has 1 saturated heterocycles. The number of methoxy groups -OCH3 is 1. The van der Waals surface area contributed by atoms with E-state index < -0.39 is 11.7 Å². The van der Waals surface area contributed by atoms with Crippen molar-refractivity contribution in [3.63, 3.8) is 0 Å². The summed E-state index contributed by atoms with van der Waals surface area (Å²) in [5.41, 5.74) is 8.47. The van der Waals surface area contributed by atoms with Crippen LogP contribution in [0.3, 0.4) is 0 Å². The van der Waals surface area contributed by atoms with Crippen molar-refractivity contribution in [2.24, 2.45) is 5.73 Å². The van der Waals surface area contributed by atoms with E-state index in [1.807, 2.05) is 0 Å². The van der Waals surface area contributed by atoms with Crippen LogP contribution in [-0.4, -0.2) is 57.3 Å². The Balaban J connectivity index is 1.38. The largest absolute Gasteiger partial charge is 0.496 e. The number of hydrogen-bond acceptors (Lipinski definition) is 8. The first-order valence-corrected chi connectivity index (χ1v) is 14.3. The number of primary amides is 1. The van der Waals surface area contributed by atoms with Crippen LogP contribution < -0.4 is 15.8 Å². The summed E-state index contributed by atoms with van der Waals surface area (Å²) in [6, 6.07) is 6.70. The summed E-state index contributed by atoms with van der Waals surface area (Å²) in [6.45, 7) is 5.48. The SMILES string of the molecule is CCN1CCC(c2cc(Nc3ncc4sc(C(N)=O)c(-c5ccc(F)cc5OC)c4n3)n(C3CCC3)n2)CC1. The summed E-state index contributed by atoms with van der Waals surface area (Å²) in [5.74, 6) is 0.978. The van der Waals surface area contributed by atoms with E-state index in [0.29, 0.717) is 49.9 Å². The van der Waals surface area contributed by atoms with E-state index in [-0.39, 0.29) is 0 Å². The van der Waals surface area contributed by atoms with Gasteiger partial charge in [-0.15, -0.1) is 11.3 Å². The number of carbonyl (C=O) groups excluding carboxylic acids is 1. The predicted molar refractivity (Wildman–Crippen MR) is 150 cm³/mol. The number of thiophene rings is 1. The Hall–Kier alpha value is -3.57. The van der Waals surface area contributed by atoms with E-state index in [0.717, 1.165) is 56.8 Å². The third-order valence-electron chi connectivity index (χ3n) is 7.96. The number of ether oxygens (including phenoxy) is 1. The van der Waals surface area contributed by atoms with Gasteiger partial charge in [-0.3, -0.25) is 4.79 Å². The molecule has 39 heavy (non-hydrogen) atoms. The molecule has 4 heterocycles. The molecule has 204 valence electrons. The Morgan fingerprint density at radius 2 is 2.03 bits per heavy atom. The molecule has 0 spiro atoms. The van der Waals surface area contributed by atoms with Gasteiger partial charge in [0.1, 0.15) is 22.3 Å². The lowest BCUT2D eigenvalue weighted by Crippen LogP contribution is -2.32. The average Bonchev–Trinajstić information content (AvgIpc) is 3.49. The van der Waals surface area contributed by atoms with Crippen molar-refractivity contribution < 1.29 is 13.9 Å². The van der Waals surface area contributed by atoms with Gasteiger partial charge in [0, 0.05) is 29.2 Å². The first kappa shape index (κ1) is 25.7. The van der Waals surface area contributed by atoms with Crippen molar-refractivity contribution in [3.8, 4) is 16.9 Å². The van der Waals surface area contributed by atoms with Crippen LogP contribution in [0.2, 0.25) is 0 Å². The highest BCUT2D eigenvalue weighted by atomic mass is 32.1. The molecule has 2 aliphatic rings. The molecule has 0 unspecified atom stereocenters. The number of nitrogens with one attached hydrogen (secondary N) is 1. The highest BCUT2D eigenvalue weighted by Crippen LogP contribution is 2.42. The van der Waals surface area contributed by atoms with Gasteiger partial charge in [-0.25, -0.2) is 19.0 Å². The molecule has 1 aliphatic carbocycles. The summed E-state index contributed by atoms with van der Waals surface area (Å²) in [5, 5.41) is 8.47. The van der Waals surface area contributed by atoms with Crippen LogP contribution in [0.1, 0.15) is 66.4 Å². The molecular weight excluding hydrogens is 517 g/mol. The summed E-state index contributed by atoms with van der Waals surface area (Å²) in [6.07, 6.45) is 7.29.